The molecule has 0 radical (unpaired) electrons. The summed E-state index contributed by atoms with van der Waals surface area (Å²) in [6.45, 7) is 9.42. The van der Waals surface area contributed by atoms with Gasteiger partial charge in [-0.25, -0.2) is 0 Å². The third-order valence-electron chi connectivity index (χ3n) is 4.66. The molecule has 1 rings (SSSR count). The number of hydrogen-bond acceptors (Lipinski definition) is 1. The summed E-state index contributed by atoms with van der Waals surface area (Å²) >= 11 is 0. The van der Waals surface area contributed by atoms with Crippen molar-refractivity contribution in [1.29, 1.82) is 0 Å². The Morgan fingerprint density at radius 3 is 2.30 bits per heavy atom. The number of unbranched alkanes of at least 4 members (excludes halogenated alkanes) is 2. The molecule has 1 saturated carbocycles. The summed E-state index contributed by atoms with van der Waals surface area (Å²) in [7, 11) is 0. The minimum atomic E-state index is 0.762. The van der Waals surface area contributed by atoms with Crippen molar-refractivity contribution in [2.45, 2.75) is 79.1 Å². The number of hydrogen-bond donors (Lipinski definition) is 0. The molecule has 1 nitrogen and oxygen atoms in total. The van der Waals surface area contributed by atoms with Gasteiger partial charge in [0.1, 0.15) is 0 Å². The Hall–Kier alpha value is -0.720. The fourth-order valence-corrected chi connectivity index (χ4v) is 3.25. The van der Waals surface area contributed by atoms with E-state index in [-0.39, 0.29) is 0 Å². The molecule has 1 aliphatic rings. The van der Waals surface area contributed by atoms with Crippen molar-refractivity contribution < 1.29 is 4.74 Å². The summed E-state index contributed by atoms with van der Waals surface area (Å²) in [6, 6.07) is 0. The lowest BCUT2D eigenvalue weighted by Crippen LogP contribution is -2.15. The standard InChI is InChI=1S/C19H34O/c1-5-7-8-9-18-12-14-19(15-13-18)16(3)10-11-17(4)20-6-2/h10-11,18-19H,5-9,12-15H2,1-4H3/b16-10+,17-11+. The summed E-state index contributed by atoms with van der Waals surface area (Å²) in [6.07, 6.45) is 15.7. The molecule has 0 aromatic rings. The molecule has 0 bridgehead atoms. The zero-order valence-corrected chi connectivity index (χ0v) is 14.1. The van der Waals surface area contributed by atoms with Crippen molar-refractivity contribution in [3.05, 3.63) is 23.5 Å². The second kappa shape index (κ2) is 10.1. The Balaban J connectivity index is 2.33. The number of allylic oxidation sites excluding steroid dienone is 4. The highest BCUT2D eigenvalue weighted by Crippen LogP contribution is 2.35. The fourth-order valence-electron chi connectivity index (χ4n) is 3.25. The van der Waals surface area contributed by atoms with E-state index in [1.54, 1.807) is 0 Å². The van der Waals surface area contributed by atoms with Crippen LogP contribution in [0.15, 0.2) is 23.5 Å². The van der Waals surface area contributed by atoms with Gasteiger partial charge in [-0.15, -0.1) is 0 Å². The van der Waals surface area contributed by atoms with E-state index in [2.05, 4.69) is 26.0 Å². The van der Waals surface area contributed by atoms with Crippen molar-refractivity contribution in [2.75, 3.05) is 6.61 Å². The first-order valence-corrected chi connectivity index (χ1v) is 8.65. The smallest absolute Gasteiger partial charge is 0.0928 e. The van der Waals surface area contributed by atoms with Gasteiger partial charge in [-0.2, -0.15) is 0 Å². The van der Waals surface area contributed by atoms with Crippen LogP contribution in [0.3, 0.4) is 0 Å². The molecule has 1 heteroatoms. The Bertz CT molecular complexity index is 306. The maximum atomic E-state index is 5.47. The predicted molar refractivity (Wildman–Crippen MR) is 88.7 cm³/mol. The highest BCUT2D eigenvalue weighted by molar-refractivity contribution is 5.15. The van der Waals surface area contributed by atoms with E-state index in [1.165, 1.54) is 56.9 Å². The van der Waals surface area contributed by atoms with Crippen LogP contribution in [0.5, 0.6) is 0 Å². The quantitative estimate of drug-likeness (QED) is 0.289. The van der Waals surface area contributed by atoms with Crippen LogP contribution in [0.4, 0.5) is 0 Å². The van der Waals surface area contributed by atoms with Gasteiger partial charge < -0.3 is 4.74 Å². The van der Waals surface area contributed by atoms with E-state index >= 15 is 0 Å². The van der Waals surface area contributed by atoms with E-state index < -0.39 is 0 Å². The van der Waals surface area contributed by atoms with Gasteiger partial charge in [0.25, 0.3) is 0 Å². The molecular weight excluding hydrogens is 244 g/mol. The van der Waals surface area contributed by atoms with Crippen LogP contribution < -0.4 is 0 Å². The molecule has 0 saturated heterocycles. The predicted octanol–water partition coefficient (Wildman–Crippen LogP) is 6.26. The molecule has 1 fully saturated rings. The maximum Gasteiger partial charge on any atom is 0.0928 e. The molecule has 0 heterocycles. The zero-order chi connectivity index (χ0) is 14.8. The summed E-state index contributed by atoms with van der Waals surface area (Å²) in [4.78, 5) is 0. The van der Waals surface area contributed by atoms with Gasteiger partial charge in [-0.1, -0.05) is 44.3 Å². The molecule has 116 valence electrons. The minimum absolute atomic E-state index is 0.762. The van der Waals surface area contributed by atoms with Crippen LogP contribution in [0, 0.1) is 11.8 Å². The topological polar surface area (TPSA) is 9.23 Å². The lowest BCUT2D eigenvalue weighted by atomic mass is 9.77. The van der Waals surface area contributed by atoms with Crippen LogP contribution in [0.1, 0.15) is 79.1 Å². The van der Waals surface area contributed by atoms with E-state index in [4.69, 9.17) is 4.74 Å². The van der Waals surface area contributed by atoms with E-state index in [0.29, 0.717) is 0 Å². The average molecular weight is 278 g/mol. The molecule has 0 unspecified atom stereocenters. The maximum absolute atomic E-state index is 5.47. The normalized spacial score (nSPS) is 24.8. The van der Waals surface area contributed by atoms with Crippen molar-refractivity contribution >= 4 is 0 Å². The highest BCUT2D eigenvalue weighted by Gasteiger charge is 2.21. The second-order valence-electron chi connectivity index (χ2n) is 6.33. The molecule has 1 aliphatic carbocycles. The van der Waals surface area contributed by atoms with Crippen LogP contribution in [0.2, 0.25) is 0 Å². The van der Waals surface area contributed by atoms with Gasteiger partial charge >= 0.3 is 0 Å². The van der Waals surface area contributed by atoms with Gasteiger partial charge in [0.15, 0.2) is 0 Å². The van der Waals surface area contributed by atoms with Crippen molar-refractivity contribution in [3.63, 3.8) is 0 Å². The number of rotatable bonds is 8. The first kappa shape index (κ1) is 17.3. The van der Waals surface area contributed by atoms with Crippen molar-refractivity contribution in [1.82, 2.24) is 0 Å². The monoisotopic (exact) mass is 278 g/mol. The van der Waals surface area contributed by atoms with Gasteiger partial charge in [0.05, 0.1) is 12.4 Å². The van der Waals surface area contributed by atoms with Crippen molar-refractivity contribution in [2.24, 2.45) is 11.8 Å². The van der Waals surface area contributed by atoms with E-state index in [9.17, 15) is 0 Å². The first-order valence-electron chi connectivity index (χ1n) is 8.65. The third-order valence-corrected chi connectivity index (χ3v) is 4.66. The van der Waals surface area contributed by atoms with Crippen molar-refractivity contribution in [3.8, 4) is 0 Å². The lowest BCUT2D eigenvalue weighted by molar-refractivity contribution is 0.231. The average Bonchev–Trinajstić information content (AvgIpc) is 2.46. The van der Waals surface area contributed by atoms with Crippen LogP contribution in [0.25, 0.3) is 0 Å². The van der Waals surface area contributed by atoms with Gasteiger partial charge in [-0.3, -0.25) is 0 Å². The molecule has 0 aromatic heterocycles. The molecule has 0 N–H and O–H groups in total. The molecule has 0 spiro atoms. The largest absolute Gasteiger partial charge is 0.499 e. The van der Waals surface area contributed by atoms with Crippen LogP contribution in [-0.4, -0.2) is 6.61 Å². The summed E-state index contributed by atoms with van der Waals surface area (Å²) in [5.74, 6) is 2.84. The Kier molecular flexibility index (Phi) is 8.73. The molecule has 0 aromatic carbocycles. The highest BCUT2D eigenvalue weighted by atomic mass is 16.5. The minimum Gasteiger partial charge on any atom is -0.499 e. The fraction of sp³-hybridized carbons (Fsp3) is 0.789. The number of ether oxygens (including phenoxy) is 1. The molecule has 0 amide bonds. The van der Waals surface area contributed by atoms with E-state index in [0.717, 1.165) is 24.2 Å². The molecule has 0 aliphatic heterocycles. The van der Waals surface area contributed by atoms with Gasteiger partial charge in [0, 0.05) is 0 Å². The summed E-state index contributed by atoms with van der Waals surface area (Å²) < 4.78 is 5.47. The molecule has 0 atom stereocenters. The van der Waals surface area contributed by atoms with Crippen LogP contribution >= 0.6 is 0 Å². The second-order valence-corrected chi connectivity index (χ2v) is 6.33. The van der Waals surface area contributed by atoms with Gasteiger partial charge in [-0.05, 0) is 64.4 Å². The molecule has 20 heavy (non-hydrogen) atoms. The first-order chi connectivity index (χ1) is 9.67. The summed E-state index contributed by atoms with van der Waals surface area (Å²) in [5.41, 5.74) is 1.54. The third kappa shape index (κ3) is 6.63. The van der Waals surface area contributed by atoms with Gasteiger partial charge in [0.2, 0.25) is 0 Å². The summed E-state index contributed by atoms with van der Waals surface area (Å²) in [5, 5.41) is 0. The zero-order valence-electron chi connectivity index (χ0n) is 14.1. The Labute approximate surface area is 126 Å². The SMILES string of the molecule is CCCCCC1CCC(/C(C)=C/C=C(\C)OCC)CC1. The lowest BCUT2D eigenvalue weighted by Gasteiger charge is -2.29. The van der Waals surface area contributed by atoms with Crippen LogP contribution in [-0.2, 0) is 4.74 Å². The van der Waals surface area contributed by atoms with E-state index in [1.807, 2.05) is 13.8 Å². The Morgan fingerprint density at radius 1 is 1.00 bits per heavy atom. The molecular formula is C19H34O. The Morgan fingerprint density at radius 2 is 1.70 bits per heavy atom.